The number of pyridine rings is 1. The van der Waals surface area contributed by atoms with Gasteiger partial charge in [0.1, 0.15) is 5.69 Å². The van der Waals surface area contributed by atoms with Crippen molar-refractivity contribution in [2.45, 2.75) is 26.9 Å². The van der Waals surface area contributed by atoms with Gasteiger partial charge in [-0.2, -0.15) is 23.4 Å². The summed E-state index contributed by atoms with van der Waals surface area (Å²) in [7, 11) is 0. The van der Waals surface area contributed by atoms with Crippen LogP contribution in [0.25, 0.3) is 5.82 Å². The van der Waals surface area contributed by atoms with Crippen molar-refractivity contribution >= 4 is 42.1 Å². The normalized spacial score (nSPS) is 11.9. The molecule has 0 saturated heterocycles. The molecule has 1 aromatic carbocycles. The summed E-state index contributed by atoms with van der Waals surface area (Å²) >= 11 is 6.14. The highest BCUT2D eigenvalue weighted by molar-refractivity contribution is 6.32. The van der Waals surface area contributed by atoms with Crippen molar-refractivity contribution in [3.8, 4) is 5.82 Å². The number of carbonyl (C=O) groups excluding carboxylic acids is 1. The van der Waals surface area contributed by atoms with Crippen LogP contribution < -0.4 is 5.43 Å². The fraction of sp³-hybridized carbons (Fsp3) is 0.190. The maximum Gasteiger partial charge on any atom is 0.435 e. The molecule has 8 nitrogen and oxygen atoms in total. The number of halogens is 4. The van der Waals surface area contributed by atoms with Gasteiger partial charge in [0, 0.05) is 24.5 Å². The van der Waals surface area contributed by atoms with Gasteiger partial charge < -0.3 is 4.74 Å². The average Bonchev–Trinajstić information content (AvgIpc) is 3.19. The lowest BCUT2D eigenvalue weighted by Gasteiger charge is -2.15. The van der Waals surface area contributed by atoms with E-state index in [1.807, 2.05) is 6.92 Å². The number of aryl methyl sites for hydroxylation is 2. The van der Waals surface area contributed by atoms with E-state index in [9.17, 15) is 18.0 Å². The zero-order chi connectivity index (χ0) is 24.3. The quantitative estimate of drug-likeness (QED) is 0.229. The molecular formula is C21H18ClF3N6O2. The Bertz CT molecular complexity index is 1250. The summed E-state index contributed by atoms with van der Waals surface area (Å²) in [5.41, 5.74) is 4.37. The predicted molar refractivity (Wildman–Crippen MR) is 119 cm³/mol. The van der Waals surface area contributed by atoms with Crippen LogP contribution >= 0.6 is 11.6 Å². The molecule has 0 saturated carbocycles. The standard InChI is InChI=1S/C21H18ClF3N6O2/c1-11-8-12(2)18(29-26-4)13(3)17(11)28-20(33-10-32)15-9-16(21(23,24)25)30-31(15)19-14(22)6-5-7-27-19/h5-10,29H,4H2,1-3H3. The lowest BCUT2D eigenvalue weighted by Crippen LogP contribution is -2.14. The average molecular weight is 479 g/mol. The first-order chi connectivity index (χ1) is 15.6. The number of hydrazone groups is 1. The largest absolute Gasteiger partial charge is 0.435 e. The van der Waals surface area contributed by atoms with Crippen LogP contribution in [0, 0.1) is 20.8 Å². The van der Waals surface area contributed by atoms with Gasteiger partial charge in [0.2, 0.25) is 5.90 Å². The maximum atomic E-state index is 13.5. The van der Waals surface area contributed by atoms with Gasteiger partial charge in [-0.15, -0.1) is 0 Å². The van der Waals surface area contributed by atoms with Crippen LogP contribution in [0.1, 0.15) is 28.1 Å². The lowest BCUT2D eigenvalue weighted by molar-refractivity contribution is -0.141. The van der Waals surface area contributed by atoms with E-state index >= 15 is 0 Å². The van der Waals surface area contributed by atoms with Gasteiger partial charge in [-0.1, -0.05) is 17.7 Å². The molecule has 3 aromatic rings. The van der Waals surface area contributed by atoms with Crippen LogP contribution in [-0.2, 0) is 15.7 Å². The predicted octanol–water partition coefficient (Wildman–Crippen LogP) is 5.14. The Hall–Kier alpha value is -3.73. The van der Waals surface area contributed by atoms with Crippen LogP contribution in [0.5, 0.6) is 0 Å². The summed E-state index contributed by atoms with van der Waals surface area (Å²) in [6, 6.07) is 5.45. The molecule has 0 unspecified atom stereocenters. The highest BCUT2D eigenvalue weighted by atomic mass is 35.5. The molecule has 0 amide bonds. The van der Waals surface area contributed by atoms with Gasteiger partial charge in [-0.25, -0.2) is 14.7 Å². The Morgan fingerprint density at radius 1 is 1.27 bits per heavy atom. The number of benzene rings is 1. The zero-order valence-corrected chi connectivity index (χ0v) is 18.5. The van der Waals surface area contributed by atoms with E-state index in [4.69, 9.17) is 16.3 Å². The second-order valence-corrected chi connectivity index (χ2v) is 7.30. The van der Waals surface area contributed by atoms with Crippen LogP contribution in [0.3, 0.4) is 0 Å². The lowest BCUT2D eigenvalue weighted by atomic mass is 10.0. The first-order valence-electron chi connectivity index (χ1n) is 9.38. The number of ether oxygens (including phenoxy) is 1. The first kappa shape index (κ1) is 23.9. The van der Waals surface area contributed by atoms with E-state index in [0.29, 0.717) is 28.6 Å². The minimum Gasteiger partial charge on any atom is -0.407 e. The number of hydrogen-bond acceptors (Lipinski definition) is 7. The van der Waals surface area contributed by atoms with E-state index in [0.717, 1.165) is 10.2 Å². The summed E-state index contributed by atoms with van der Waals surface area (Å²) in [5, 5.41) is 7.30. The number of anilines is 1. The Labute approximate surface area is 191 Å². The first-order valence-corrected chi connectivity index (χ1v) is 9.76. The smallest absolute Gasteiger partial charge is 0.407 e. The van der Waals surface area contributed by atoms with Crippen molar-refractivity contribution in [2.24, 2.45) is 10.1 Å². The topological polar surface area (TPSA) is 93.8 Å². The third-order valence-electron chi connectivity index (χ3n) is 4.65. The van der Waals surface area contributed by atoms with Crippen LogP contribution in [-0.4, -0.2) is 33.9 Å². The molecule has 33 heavy (non-hydrogen) atoms. The van der Waals surface area contributed by atoms with E-state index in [1.54, 1.807) is 19.9 Å². The molecule has 3 rings (SSSR count). The fourth-order valence-corrected chi connectivity index (χ4v) is 3.46. The van der Waals surface area contributed by atoms with Crippen molar-refractivity contribution in [3.05, 3.63) is 63.6 Å². The van der Waals surface area contributed by atoms with Crippen LogP contribution in [0.15, 0.2) is 40.6 Å². The zero-order valence-electron chi connectivity index (χ0n) is 17.7. The molecule has 2 heterocycles. The molecule has 0 fully saturated rings. The third-order valence-corrected chi connectivity index (χ3v) is 4.95. The van der Waals surface area contributed by atoms with Gasteiger partial charge in [0.15, 0.2) is 11.5 Å². The molecule has 0 spiro atoms. The molecule has 2 aromatic heterocycles. The number of rotatable bonds is 6. The van der Waals surface area contributed by atoms with Crippen molar-refractivity contribution in [3.63, 3.8) is 0 Å². The van der Waals surface area contributed by atoms with E-state index < -0.39 is 17.8 Å². The second-order valence-electron chi connectivity index (χ2n) is 6.89. The second kappa shape index (κ2) is 9.41. The molecule has 172 valence electrons. The van der Waals surface area contributed by atoms with Gasteiger partial charge >= 0.3 is 6.18 Å². The maximum absolute atomic E-state index is 13.5. The van der Waals surface area contributed by atoms with Crippen LogP contribution in [0.4, 0.5) is 24.5 Å². The summed E-state index contributed by atoms with van der Waals surface area (Å²) in [6.45, 7) is 8.80. The number of aromatic nitrogens is 3. The number of carbonyl (C=O) groups is 1. The van der Waals surface area contributed by atoms with Crippen LogP contribution in [0.2, 0.25) is 5.02 Å². The SMILES string of the molecule is C=NNc1c(C)cc(C)c(N=C(OC=O)c2cc(C(F)(F)F)nn2-c2ncccc2Cl)c1C. The molecule has 0 bridgehead atoms. The molecule has 0 atom stereocenters. The summed E-state index contributed by atoms with van der Waals surface area (Å²) in [4.78, 5) is 19.6. The summed E-state index contributed by atoms with van der Waals surface area (Å²) in [6.07, 6.45) is -3.44. The molecule has 1 N–H and O–H groups in total. The molecule has 12 heteroatoms. The highest BCUT2D eigenvalue weighted by Gasteiger charge is 2.36. The number of alkyl halides is 3. The van der Waals surface area contributed by atoms with Crippen molar-refractivity contribution in [1.29, 1.82) is 0 Å². The highest BCUT2D eigenvalue weighted by Crippen LogP contribution is 2.35. The molecular weight excluding hydrogens is 461 g/mol. The van der Waals surface area contributed by atoms with Gasteiger partial charge in [-0.05, 0) is 44.0 Å². The molecule has 0 aliphatic carbocycles. The number of nitrogens with zero attached hydrogens (tertiary/aromatic N) is 5. The van der Waals surface area contributed by atoms with Crippen molar-refractivity contribution < 1.29 is 22.7 Å². The fourth-order valence-electron chi connectivity index (χ4n) is 3.26. The number of nitrogens with one attached hydrogen (secondary N) is 1. The summed E-state index contributed by atoms with van der Waals surface area (Å²) < 4.78 is 46.3. The molecule has 0 radical (unpaired) electrons. The Balaban J connectivity index is 2.31. The van der Waals surface area contributed by atoms with Gasteiger partial charge in [-0.3, -0.25) is 10.2 Å². The Morgan fingerprint density at radius 2 is 2.00 bits per heavy atom. The van der Waals surface area contributed by atoms with Crippen molar-refractivity contribution in [1.82, 2.24) is 14.8 Å². The Morgan fingerprint density at radius 3 is 2.61 bits per heavy atom. The number of hydrogen-bond donors (Lipinski definition) is 1. The molecule has 0 aliphatic heterocycles. The van der Waals surface area contributed by atoms with E-state index in [1.165, 1.54) is 18.3 Å². The number of aliphatic imine (C=N–C) groups is 1. The van der Waals surface area contributed by atoms with E-state index in [-0.39, 0.29) is 23.0 Å². The summed E-state index contributed by atoms with van der Waals surface area (Å²) in [5.74, 6) is -0.523. The van der Waals surface area contributed by atoms with Gasteiger partial charge in [0.05, 0.1) is 16.4 Å². The third kappa shape index (κ3) is 4.87. The molecule has 0 aliphatic rings. The van der Waals surface area contributed by atoms with Gasteiger partial charge in [0.25, 0.3) is 6.47 Å². The minimum atomic E-state index is -4.78. The van der Waals surface area contributed by atoms with E-state index in [2.05, 4.69) is 32.3 Å². The monoisotopic (exact) mass is 478 g/mol. The Kier molecular flexibility index (Phi) is 6.82. The van der Waals surface area contributed by atoms with Crippen molar-refractivity contribution in [2.75, 3.05) is 5.43 Å². The minimum absolute atomic E-state index is 0.0345.